The zero-order chi connectivity index (χ0) is 23.4. The highest BCUT2D eigenvalue weighted by Gasteiger charge is 2.50. The fourth-order valence-corrected chi connectivity index (χ4v) is 6.53. The Morgan fingerprint density at radius 1 is 1.21 bits per heavy atom. The number of nitrogens with zero attached hydrogens (tertiary/aromatic N) is 3. The van der Waals surface area contributed by atoms with Crippen molar-refractivity contribution >= 4 is 26.6 Å². The summed E-state index contributed by atoms with van der Waals surface area (Å²) in [5.41, 5.74) is 2.50. The predicted octanol–water partition coefficient (Wildman–Crippen LogP) is 1.30. The molecule has 2 aliphatic heterocycles. The van der Waals surface area contributed by atoms with Crippen molar-refractivity contribution in [1.29, 1.82) is 0 Å². The second kappa shape index (κ2) is 8.28. The number of fused-ring (bicyclic) bond motifs is 2. The number of hydrogen-bond acceptors (Lipinski definition) is 6. The fraction of sp³-hybridized carbons (Fsp3) is 0.636. The lowest BCUT2D eigenvalue weighted by molar-refractivity contribution is -0.164. The summed E-state index contributed by atoms with van der Waals surface area (Å²) < 4.78 is 54.1. The van der Waals surface area contributed by atoms with Gasteiger partial charge < -0.3 is 10.0 Å². The van der Waals surface area contributed by atoms with Crippen molar-refractivity contribution in [3.05, 3.63) is 29.0 Å². The molecule has 1 amide bonds. The quantitative estimate of drug-likeness (QED) is 0.666. The molecule has 33 heavy (non-hydrogen) atoms. The molecule has 8 nitrogen and oxygen atoms in total. The number of benzene rings is 1. The first-order valence-corrected chi connectivity index (χ1v) is 13.2. The third-order valence-electron chi connectivity index (χ3n) is 7.45. The number of H-pyrrole nitrogens is 1. The summed E-state index contributed by atoms with van der Waals surface area (Å²) in [5.74, 6) is -4.46. The van der Waals surface area contributed by atoms with Crippen molar-refractivity contribution in [1.82, 2.24) is 20.0 Å². The number of rotatable bonds is 5. The molecule has 2 aromatic rings. The lowest BCUT2D eigenvalue weighted by atomic mass is 9.77. The number of aliphatic hydroxyl groups excluding tert-OH is 1. The highest BCUT2D eigenvalue weighted by Crippen LogP contribution is 2.46. The summed E-state index contributed by atoms with van der Waals surface area (Å²) in [5, 5.41) is 18.3. The van der Waals surface area contributed by atoms with Gasteiger partial charge in [-0.05, 0) is 42.9 Å². The number of carbonyl (C=O) groups is 1. The van der Waals surface area contributed by atoms with Crippen LogP contribution in [0.1, 0.15) is 35.6 Å². The zero-order valence-electron chi connectivity index (χ0n) is 18.3. The maximum absolute atomic E-state index is 15.5. The van der Waals surface area contributed by atoms with E-state index in [1.54, 1.807) is 16.0 Å². The number of hydrogen-bond donors (Lipinski definition) is 2. The lowest BCUT2D eigenvalue weighted by Crippen LogP contribution is -2.50. The molecule has 3 aliphatic rings. The van der Waals surface area contributed by atoms with Gasteiger partial charge in [-0.15, -0.1) is 0 Å². The van der Waals surface area contributed by atoms with Gasteiger partial charge in [0.15, 0.2) is 9.84 Å². The maximum atomic E-state index is 15.5. The van der Waals surface area contributed by atoms with E-state index in [0.717, 1.165) is 22.9 Å². The molecule has 2 N–H and O–H groups in total. The normalized spacial score (nSPS) is 22.7. The minimum atomic E-state index is -3.33. The molecule has 1 aliphatic carbocycles. The topological polar surface area (TPSA) is 107 Å². The molecule has 0 saturated carbocycles. The summed E-state index contributed by atoms with van der Waals surface area (Å²) in [6.07, 6.45) is 1.34. The molecule has 2 saturated heterocycles. The van der Waals surface area contributed by atoms with Crippen LogP contribution in [-0.4, -0.2) is 89.6 Å². The summed E-state index contributed by atoms with van der Waals surface area (Å²) in [7, 11) is -3.02. The Hall–Kier alpha value is -2.11. The Bertz CT molecular complexity index is 1160. The second-order valence-corrected chi connectivity index (χ2v) is 11.7. The van der Waals surface area contributed by atoms with Crippen molar-refractivity contribution in [2.45, 2.75) is 37.7 Å². The first kappa shape index (κ1) is 22.7. The number of aromatic amines is 1. The third-order valence-corrected chi connectivity index (χ3v) is 9.06. The van der Waals surface area contributed by atoms with E-state index in [0.29, 0.717) is 25.0 Å². The van der Waals surface area contributed by atoms with Crippen LogP contribution < -0.4 is 0 Å². The van der Waals surface area contributed by atoms with Crippen LogP contribution in [0.4, 0.5) is 8.78 Å². The Morgan fingerprint density at radius 2 is 1.91 bits per heavy atom. The highest BCUT2D eigenvalue weighted by atomic mass is 32.2. The van der Waals surface area contributed by atoms with Crippen LogP contribution in [0.25, 0.3) is 10.9 Å². The lowest BCUT2D eigenvalue weighted by Gasteiger charge is -2.39. The number of amides is 1. The summed E-state index contributed by atoms with van der Waals surface area (Å²) >= 11 is 0. The van der Waals surface area contributed by atoms with Crippen molar-refractivity contribution in [2.75, 3.05) is 44.2 Å². The number of nitrogens with one attached hydrogen (secondary N) is 1. The van der Waals surface area contributed by atoms with E-state index in [9.17, 15) is 18.3 Å². The molecule has 1 aromatic heterocycles. The van der Waals surface area contributed by atoms with E-state index in [-0.39, 0.29) is 55.5 Å². The van der Waals surface area contributed by atoms with Gasteiger partial charge in [0.2, 0.25) is 5.91 Å². The first-order chi connectivity index (χ1) is 15.7. The number of aliphatic hydroxyl groups is 1. The first-order valence-electron chi connectivity index (χ1n) is 11.4. The van der Waals surface area contributed by atoms with Gasteiger partial charge in [0.05, 0.1) is 29.8 Å². The summed E-state index contributed by atoms with van der Waals surface area (Å²) in [6.45, 7) is 1.14. The molecule has 1 aromatic carbocycles. The number of aryl methyl sites for hydroxylation is 1. The average Bonchev–Trinajstić information content (AvgIpc) is 3.24. The van der Waals surface area contributed by atoms with Crippen LogP contribution in [-0.2, 0) is 27.5 Å². The Morgan fingerprint density at radius 3 is 2.55 bits per heavy atom. The van der Waals surface area contributed by atoms with Crippen LogP contribution in [0.2, 0.25) is 0 Å². The molecule has 2 fully saturated rings. The molecule has 3 heterocycles. The molecule has 0 radical (unpaired) electrons. The van der Waals surface area contributed by atoms with E-state index < -0.39 is 27.8 Å². The number of sulfone groups is 1. The van der Waals surface area contributed by atoms with Crippen molar-refractivity contribution in [2.24, 2.45) is 5.92 Å². The zero-order valence-corrected chi connectivity index (χ0v) is 19.1. The average molecular weight is 483 g/mol. The molecule has 0 spiro atoms. The van der Waals surface area contributed by atoms with E-state index in [1.807, 2.05) is 6.07 Å². The van der Waals surface area contributed by atoms with Crippen molar-refractivity contribution in [3.63, 3.8) is 0 Å². The molecule has 0 bridgehead atoms. The molecular formula is C22H28F2N4O4S. The van der Waals surface area contributed by atoms with E-state index in [1.165, 1.54) is 0 Å². The standard InChI is InChI=1S/C22H28F2N4O4S/c23-22(24,21(30)19-17-2-1-14(17)11-15-12-25-26-20(15)19)16-3-5-28(6-4-16)18(29)13-27-7-9-33(31,32)10-8-27/h11-12,16,21,30H,1-10,13H2,(H,25,26)/t21-/m1/s1. The van der Waals surface area contributed by atoms with Crippen LogP contribution in [0.3, 0.4) is 0 Å². The third kappa shape index (κ3) is 4.15. The van der Waals surface area contributed by atoms with Gasteiger partial charge in [0, 0.05) is 43.0 Å². The number of alkyl halides is 2. The molecule has 180 valence electrons. The monoisotopic (exact) mass is 482 g/mol. The maximum Gasteiger partial charge on any atom is 0.280 e. The number of likely N-dealkylation sites (tertiary alicyclic amines) is 1. The summed E-state index contributed by atoms with van der Waals surface area (Å²) in [6, 6.07) is 1.94. The number of halogens is 2. The smallest absolute Gasteiger partial charge is 0.280 e. The molecule has 5 rings (SSSR count). The minimum absolute atomic E-state index is 0.0409. The minimum Gasteiger partial charge on any atom is -0.382 e. The van der Waals surface area contributed by atoms with Crippen LogP contribution in [0.5, 0.6) is 0 Å². The van der Waals surface area contributed by atoms with Gasteiger partial charge in [-0.3, -0.25) is 14.8 Å². The van der Waals surface area contributed by atoms with Gasteiger partial charge >= 0.3 is 0 Å². The molecule has 1 atom stereocenters. The van der Waals surface area contributed by atoms with Crippen LogP contribution >= 0.6 is 0 Å². The number of carbonyl (C=O) groups excluding carboxylic acids is 1. The van der Waals surface area contributed by atoms with Gasteiger partial charge in [-0.25, -0.2) is 17.2 Å². The molecule has 0 unspecified atom stereocenters. The molecular weight excluding hydrogens is 454 g/mol. The second-order valence-electron chi connectivity index (χ2n) is 9.42. The van der Waals surface area contributed by atoms with Crippen molar-refractivity contribution in [3.8, 4) is 0 Å². The van der Waals surface area contributed by atoms with Gasteiger partial charge in [-0.2, -0.15) is 5.10 Å². The van der Waals surface area contributed by atoms with Crippen LogP contribution in [0.15, 0.2) is 12.3 Å². The molecule has 11 heteroatoms. The summed E-state index contributed by atoms with van der Waals surface area (Å²) in [4.78, 5) is 16.0. The highest BCUT2D eigenvalue weighted by molar-refractivity contribution is 7.91. The van der Waals surface area contributed by atoms with Gasteiger partial charge in [0.25, 0.3) is 5.92 Å². The SMILES string of the molecule is O=C(CN1CCS(=O)(=O)CC1)N1CCC(C(F)(F)[C@H](O)c2c3c(cc4cn[nH]c24)CC3)CC1. The fourth-order valence-electron chi connectivity index (χ4n) is 5.25. The largest absolute Gasteiger partial charge is 0.382 e. The van der Waals surface area contributed by atoms with E-state index in [4.69, 9.17) is 0 Å². The Labute approximate surface area is 190 Å². The van der Waals surface area contributed by atoms with Crippen LogP contribution in [0, 0.1) is 5.92 Å². The Kier molecular flexibility index (Phi) is 5.69. The number of aromatic nitrogens is 2. The number of piperidine rings is 1. The van der Waals surface area contributed by atoms with Crippen molar-refractivity contribution < 1.29 is 27.1 Å². The van der Waals surface area contributed by atoms with Gasteiger partial charge in [-0.1, -0.05) is 0 Å². The van der Waals surface area contributed by atoms with E-state index >= 15 is 8.78 Å². The van der Waals surface area contributed by atoms with E-state index in [2.05, 4.69) is 10.2 Å². The van der Waals surface area contributed by atoms with Gasteiger partial charge in [0.1, 0.15) is 6.10 Å². The Balaban J connectivity index is 1.23. The predicted molar refractivity (Wildman–Crippen MR) is 118 cm³/mol.